The molecule has 0 unspecified atom stereocenters. The van der Waals surface area contributed by atoms with Gasteiger partial charge in [-0.25, -0.2) is 12.2 Å². The van der Waals surface area contributed by atoms with Gasteiger partial charge in [-0.2, -0.15) is 12.5 Å². The van der Waals surface area contributed by atoms with Gasteiger partial charge in [-0.05, 0) is 20.6 Å². The minimum absolute atomic E-state index is 0. The van der Waals surface area contributed by atoms with E-state index in [2.05, 4.69) is 24.0 Å². The van der Waals surface area contributed by atoms with Gasteiger partial charge >= 0.3 is 0 Å². The second kappa shape index (κ2) is 43.1. The molecule has 0 N–H and O–H groups in total. The van der Waals surface area contributed by atoms with Crippen LogP contribution in [0, 0.1) is 42.7 Å². The van der Waals surface area contributed by atoms with E-state index in [0.29, 0.717) is 0 Å². The first kappa shape index (κ1) is 51.1. The van der Waals surface area contributed by atoms with Crippen molar-refractivity contribution in [2.75, 3.05) is 20.6 Å². The van der Waals surface area contributed by atoms with Crippen LogP contribution in [0.4, 0.5) is 0 Å². The van der Waals surface area contributed by atoms with Gasteiger partial charge in [0.05, 0.1) is 0 Å². The summed E-state index contributed by atoms with van der Waals surface area (Å²) in [5.41, 5.74) is 0. The second-order valence-electron chi connectivity index (χ2n) is 2.66. The number of allylic oxidation sites excluding steroid dienone is 4. The summed E-state index contributed by atoms with van der Waals surface area (Å²) < 4.78 is 0. The molecule has 116 valence electrons. The van der Waals surface area contributed by atoms with Crippen molar-refractivity contribution in [1.82, 2.24) is 4.90 Å². The van der Waals surface area contributed by atoms with Crippen LogP contribution in [0.2, 0.25) is 0 Å². The fourth-order valence-corrected chi connectivity index (χ4v) is 0.656. The topological polar surface area (TPSA) is 3.24 Å². The standard InChI is InChI=1S/C5H12N.C5H5.4CH3.2ClH.Ti/c1-4-5-6(2)3;1-2-4-5-3-1;;;;;;;/h1,4-5H2,2-3H3;1-3H,4H2;4*1H3;2*1H;/q6*-1;;;. The van der Waals surface area contributed by atoms with E-state index >= 15 is 0 Å². The molecule has 0 saturated heterocycles. The fraction of sp³-hybridized carbons (Fsp3) is 0.357. The van der Waals surface area contributed by atoms with E-state index in [9.17, 15) is 0 Å². The average Bonchev–Trinajstić information content (AvgIpc) is 2.41. The monoisotopic (exact) mass is 331 g/mol. The van der Waals surface area contributed by atoms with E-state index in [4.69, 9.17) is 0 Å². The van der Waals surface area contributed by atoms with E-state index in [1.165, 1.54) is 0 Å². The molecular weight excluding hydrogens is 301 g/mol. The molecule has 0 aromatic rings. The Kier molecular flexibility index (Phi) is 122. The Morgan fingerprint density at radius 2 is 1.56 bits per heavy atom. The minimum Gasteiger partial charge on any atom is -0.358 e. The van der Waals surface area contributed by atoms with Crippen molar-refractivity contribution in [1.29, 1.82) is 0 Å². The molecule has 1 nitrogen and oxygen atoms in total. The maximum Gasteiger partial charge on any atom is 0 e. The number of halogens is 2. The van der Waals surface area contributed by atoms with Gasteiger partial charge in [0.1, 0.15) is 0 Å². The van der Waals surface area contributed by atoms with Crippen LogP contribution in [-0.2, 0) is 21.7 Å². The molecule has 0 amide bonds. The SMILES string of the molecule is Cl.Cl.[C-]1=CC=CC1.[CH2-]CCN(C)C.[CH3-].[CH3-].[CH3-].[CH3-].[Ti]. The second-order valence-corrected chi connectivity index (χ2v) is 2.66. The molecule has 0 heterocycles. The summed E-state index contributed by atoms with van der Waals surface area (Å²) in [6.07, 6.45) is 11.0. The van der Waals surface area contributed by atoms with Gasteiger partial charge in [0.2, 0.25) is 0 Å². The third-order valence-electron chi connectivity index (χ3n) is 1.19. The summed E-state index contributed by atoms with van der Waals surface area (Å²) >= 11 is 0. The molecule has 0 radical (unpaired) electrons. The first-order valence-corrected chi connectivity index (χ1v) is 3.93. The summed E-state index contributed by atoms with van der Waals surface area (Å²) in [4.78, 5) is 2.12. The minimum atomic E-state index is 0. The molecule has 1 rings (SSSR count). The first-order chi connectivity index (χ1) is 5.27. The quantitative estimate of drug-likeness (QED) is 0.522. The van der Waals surface area contributed by atoms with Crippen LogP contribution < -0.4 is 0 Å². The molecule has 0 saturated carbocycles. The van der Waals surface area contributed by atoms with Crippen molar-refractivity contribution in [3.63, 3.8) is 0 Å². The number of hydrogen-bond acceptors (Lipinski definition) is 1. The Morgan fingerprint density at radius 1 is 1.11 bits per heavy atom. The third-order valence-corrected chi connectivity index (χ3v) is 1.19. The Hall–Kier alpha value is 0.734. The number of rotatable bonds is 2. The smallest absolute Gasteiger partial charge is 0 e. The van der Waals surface area contributed by atoms with Gasteiger partial charge in [-0.1, -0.05) is 0 Å². The van der Waals surface area contributed by atoms with Crippen LogP contribution >= 0.6 is 24.8 Å². The molecule has 0 bridgehead atoms. The maximum atomic E-state index is 3.68. The Balaban J connectivity index is -0.0000000134. The van der Waals surface area contributed by atoms with Crippen molar-refractivity contribution in [2.45, 2.75) is 12.8 Å². The van der Waals surface area contributed by atoms with Gasteiger partial charge in [-0.15, -0.1) is 31.2 Å². The molecular formula is C14H31Cl2NTi-6. The molecule has 1 aliphatic carbocycles. The summed E-state index contributed by atoms with van der Waals surface area (Å²) in [7, 11) is 4.09. The van der Waals surface area contributed by atoms with Crippen LogP contribution in [0.1, 0.15) is 12.8 Å². The van der Waals surface area contributed by atoms with Gasteiger partial charge in [-0.3, -0.25) is 6.08 Å². The largest absolute Gasteiger partial charge is 0.358 e. The Morgan fingerprint density at radius 3 is 1.61 bits per heavy atom. The van der Waals surface area contributed by atoms with Crippen LogP contribution in [-0.4, -0.2) is 25.5 Å². The zero-order valence-corrected chi connectivity index (χ0v) is 16.0. The predicted octanol–water partition coefficient (Wildman–Crippen LogP) is 4.72. The number of nitrogens with zero attached hydrogens (tertiary/aromatic N) is 1. The molecule has 0 spiro atoms. The van der Waals surface area contributed by atoms with Gasteiger partial charge in [0, 0.05) is 21.7 Å². The zero-order valence-electron chi connectivity index (χ0n) is 12.8. The molecule has 0 atom stereocenters. The molecule has 0 aromatic heterocycles. The summed E-state index contributed by atoms with van der Waals surface area (Å²) in [6.45, 7) is 4.78. The first-order valence-electron chi connectivity index (χ1n) is 3.93. The number of hydrogen-bond donors (Lipinski definition) is 0. The molecule has 18 heavy (non-hydrogen) atoms. The van der Waals surface area contributed by atoms with Crippen molar-refractivity contribution in [2.24, 2.45) is 0 Å². The third kappa shape index (κ3) is 54.3. The van der Waals surface area contributed by atoms with E-state index in [1.54, 1.807) is 0 Å². The van der Waals surface area contributed by atoms with Crippen molar-refractivity contribution in [3.05, 3.63) is 60.9 Å². The summed E-state index contributed by atoms with van der Waals surface area (Å²) in [5, 5.41) is 0. The van der Waals surface area contributed by atoms with E-state index in [1.807, 2.05) is 26.2 Å². The van der Waals surface area contributed by atoms with Crippen LogP contribution in [0.5, 0.6) is 0 Å². The fourth-order valence-electron chi connectivity index (χ4n) is 0.656. The van der Waals surface area contributed by atoms with Gasteiger partial charge in [0.25, 0.3) is 0 Å². The molecule has 1 aliphatic rings. The van der Waals surface area contributed by atoms with Crippen LogP contribution in [0.3, 0.4) is 0 Å². The van der Waals surface area contributed by atoms with E-state index in [-0.39, 0.29) is 76.2 Å². The van der Waals surface area contributed by atoms with Crippen LogP contribution in [0.25, 0.3) is 0 Å². The van der Waals surface area contributed by atoms with Crippen molar-refractivity contribution in [3.8, 4) is 0 Å². The molecule has 4 heteroatoms. The zero-order chi connectivity index (χ0) is 8.53. The van der Waals surface area contributed by atoms with Crippen molar-refractivity contribution >= 4 is 24.8 Å². The summed E-state index contributed by atoms with van der Waals surface area (Å²) in [5.74, 6) is 0. The Bertz CT molecular complexity index is 128. The maximum absolute atomic E-state index is 3.68. The average molecular weight is 332 g/mol. The predicted molar refractivity (Wildman–Crippen MR) is 90.3 cm³/mol. The Labute approximate surface area is 145 Å². The molecule has 0 aliphatic heterocycles. The van der Waals surface area contributed by atoms with Crippen LogP contribution in [0.15, 0.2) is 18.2 Å². The normalized spacial score (nSPS) is 8.22. The van der Waals surface area contributed by atoms with Gasteiger partial charge in [0.15, 0.2) is 0 Å². The molecule has 0 aromatic carbocycles. The van der Waals surface area contributed by atoms with E-state index in [0.717, 1.165) is 19.4 Å². The molecule has 0 fully saturated rings. The van der Waals surface area contributed by atoms with Crippen molar-refractivity contribution < 1.29 is 21.7 Å². The summed E-state index contributed by atoms with van der Waals surface area (Å²) in [6, 6.07) is 0. The van der Waals surface area contributed by atoms with Gasteiger partial charge < -0.3 is 41.5 Å². The van der Waals surface area contributed by atoms with E-state index < -0.39 is 0 Å².